The molecule has 1 saturated heterocycles. The van der Waals surface area contributed by atoms with Gasteiger partial charge in [0.25, 0.3) is 0 Å². The summed E-state index contributed by atoms with van der Waals surface area (Å²) in [4.78, 5) is 18.6. The highest BCUT2D eigenvalue weighted by Crippen LogP contribution is 2.15. The average molecular weight is 462 g/mol. The van der Waals surface area contributed by atoms with Gasteiger partial charge in [0.1, 0.15) is 12.4 Å². The van der Waals surface area contributed by atoms with Gasteiger partial charge >= 0.3 is 0 Å². The molecule has 174 valence electrons. The second-order valence-corrected chi connectivity index (χ2v) is 10.0. The van der Waals surface area contributed by atoms with Gasteiger partial charge in [0.05, 0.1) is 18.3 Å². The van der Waals surface area contributed by atoms with E-state index in [1.165, 1.54) is 43.8 Å². The molecule has 1 aliphatic rings. The summed E-state index contributed by atoms with van der Waals surface area (Å²) in [5.41, 5.74) is 1.71. The van der Waals surface area contributed by atoms with Gasteiger partial charge in [-0.3, -0.25) is 9.69 Å². The summed E-state index contributed by atoms with van der Waals surface area (Å²) in [6, 6.07) is 5.55. The van der Waals surface area contributed by atoms with Crippen molar-refractivity contribution in [2.75, 3.05) is 32.0 Å². The quantitative estimate of drug-likeness (QED) is 0.513. The Morgan fingerprint density at radius 2 is 1.97 bits per heavy atom. The minimum Gasteiger partial charge on any atom is -0.473 e. The number of ether oxygens (including phenoxy) is 1. The first-order chi connectivity index (χ1) is 15.5. The zero-order chi connectivity index (χ0) is 22.7. The molecule has 9 heteroatoms. The molecule has 0 aromatic carbocycles. The summed E-state index contributed by atoms with van der Waals surface area (Å²) in [6.07, 6.45) is 13.2. The highest BCUT2D eigenvalue weighted by Gasteiger charge is 2.17. The van der Waals surface area contributed by atoms with E-state index in [0.717, 1.165) is 19.6 Å². The fourth-order valence-corrected chi connectivity index (χ4v) is 4.84. The number of likely N-dealkylation sites (tertiary alicyclic amines) is 1. The van der Waals surface area contributed by atoms with E-state index in [-0.39, 0.29) is 12.3 Å². The van der Waals surface area contributed by atoms with E-state index in [9.17, 15) is 13.2 Å². The maximum absolute atomic E-state index is 12.0. The van der Waals surface area contributed by atoms with Gasteiger partial charge in [-0.1, -0.05) is 18.9 Å². The maximum atomic E-state index is 12.0. The minimum absolute atomic E-state index is 0.218. The maximum Gasteiger partial charge on any atom is 0.235 e. The zero-order valence-corrected chi connectivity index (χ0v) is 19.1. The van der Waals surface area contributed by atoms with Crippen molar-refractivity contribution >= 4 is 15.7 Å². The molecule has 1 aliphatic heterocycles. The fraction of sp³-hybridized carbons (Fsp3) is 0.478. The van der Waals surface area contributed by atoms with Crippen LogP contribution in [0.5, 0.6) is 5.88 Å². The summed E-state index contributed by atoms with van der Waals surface area (Å²) in [5.74, 6) is -0.751. The van der Waals surface area contributed by atoms with Gasteiger partial charge in [-0.25, -0.2) is 13.4 Å². The Morgan fingerprint density at radius 3 is 2.72 bits per heavy atom. The number of sulfone groups is 1. The first-order valence-electron chi connectivity index (χ1n) is 10.9. The van der Waals surface area contributed by atoms with Gasteiger partial charge in [-0.2, -0.15) is 0 Å². The van der Waals surface area contributed by atoms with Crippen molar-refractivity contribution in [2.45, 2.75) is 38.0 Å². The second kappa shape index (κ2) is 12.4. The molecule has 1 N–H and O–H groups in total. The van der Waals surface area contributed by atoms with Crippen molar-refractivity contribution in [1.29, 1.82) is 0 Å². The van der Waals surface area contributed by atoms with Crippen LogP contribution in [0.4, 0.5) is 0 Å². The van der Waals surface area contributed by atoms with Crippen LogP contribution in [-0.4, -0.2) is 56.2 Å². The predicted molar refractivity (Wildman–Crippen MR) is 122 cm³/mol. The lowest BCUT2D eigenvalue weighted by molar-refractivity contribution is -0.118. The third-order valence-corrected chi connectivity index (χ3v) is 6.61. The molecule has 1 fully saturated rings. The predicted octanol–water partition coefficient (Wildman–Crippen LogP) is 2.72. The monoisotopic (exact) mass is 461 g/mol. The van der Waals surface area contributed by atoms with Crippen LogP contribution >= 0.6 is 0 Å². The van der Waals surface area contributed by atoms with Crippen molar-refractivity contribution in [3.63, 3.8) is 0 Å². The van der Waals surface area contributed by atoms with Crippen LogP contribution in [0.25, 0.3) is 0 Å². The van der Waals surface area contributed by atoms with Crippen molar-refractivity contribution in [2.24, 2.45) is 0 Å². The molecule has 3 heterocycles. The van der Waals surface area contributed by atoms with Crippen LogP contribution in [-0.2, 0) is 26.9 Å². The average Bonchev–Trinajstić information content (AvgIpc) is 3.11. The molecule has 0 radical (unpaired) electrons. The van der Waals surface area contributed by atoms with Crippen LogP contribution in [0.3, 0.4) is 0 Å². The van der Waals surface area contributed by atoms with E-state index in [2.05, 4.69) is 15.2 Å². The number of nitrogens with one attached hydrogen (secondary N) is 1. The Balaban J connectivity index is 1.34. The molecule has 0 spiro atoms. The summed E-state index contributed by atoms with van der Waals surface area (Å²) in [7, 11) is -3.54. The summed E-state index contributed by atoms with van der Waals surface area (Å²) in [6.45, 7) is 3.72. The van der Waals surface area contributed by atoms with Crippen LogP contribution in [0, 0.1) is 0 Å². The highest BCUT2D eigenvalue weighted by atomic mass is 32.2. The molecule has 3 rings (SSSR count). The van der Waals surface area contributed by atoms with Crippen molar-refractivity contribution in [1.82, 2.24) is 15.2 Å². The van der Waals surface area contributed by atoms with E-state index in [1.807, 2.05) is 12.1 Å². The minimum atomic E-state index is -3.54. The molecule has 0 unspecified atom stereocenters. The number of amides is 1. The number of nitrogens with zero attached hydrogens (tertiary/aromatic N) is 2. The van der Waals surface area contributed by atoms with Gasteiger partial charge in [-0.15, -0.1) is 0 Å². The number of aromatic nitrogens is 1. The summed E-state index contributed by atoms with van der Waals surface area (Å²) < 4.78 is 34.6. The van der Waals surface area contributed by atoms with Crippen molar-refractivity contribution < 1.29 is 22.4 Å². The SMILES string of the molecule is O=C(CS(=O)(=O)Cc1ccoc1)NC/C=C\COc1cc(CN2CCCCCC2)ccn1. The lowest BCUT2D eigenvalue weighted by Crippen LogP contribution is -2.30. The third-order valence-electron chi connectivity index (χ3n) is 5.13. The molecule has 1 amide bonds. The lowest BCUT2D eigenvalue weighted by Gasteiger charge is -2.19. The Labute approximate surface area is 189 Å². The van der Waals surface area contributed by atoms with Gasteiger partial charge in [-0.05, 0) is 49.7 Å². The summed E-state index contributed by atoms with van der Waals surface area (Å²) >= 11 is 0. The number of rotatable bonds is 11. The van der Waals surface area contributed by atoms with E-state index >= 15 is 0 Å². The fourth-order valence-electron chi connectivity index (χ4n) is 3.57. The lowest BCUT2D eigenvalue weighted by atomic mass is 10.2. The second-order valence-electron chi connectivity index (χ2n) is 7.94. The Morgan fingerprint density at radius 1 is 1.16 bits per heavy atom. The number of pyridine rings is 1. The van der Waals surface area contributed by atoms with Crippen LogP contribution in [0.2, 0.25) is 0 Å². The molecule has 0 aliphatic carbocycles. The molecule has 32 heavy (non-hydrogen) atoms. The molecular weight excluding hydrogens is 430 g/mol. The van der Waals surface area contributed by atoms with Crippen molar-refractivity contribution in [3.05, 3.63) is 60.2 Å². The Hall–Kier alpha value is -2.65. The van der Waals surface area contributed by atoms with E-state index in [1.54, 1.807) is 24.4 Å². The number of carbonyl (C=O) groups excluding carboxylic acids is 1. The van der Waals surface area contributed by atoms with Gasteiger partial charge in [0, 0.05) is 30.9 Å². The van der Waals surface area contributed by atoms with E-state index in [0.29, 0.717) is 18.1 Å². The molecule has 8 nitrogen and oxygen atoms in total. The highest BCUT2D eigenvalue weighted by molar-refractivity contribution is 7.91. The van der Waals surface area contributed by atoms with Crippen LogP contribution in [0.15, 0.2) is 53.5 Å². The van der Waals surface area contributed by atoms with Crippen LogP contribution in [0.1, 0.15) is 36.8 Å². The molecule has 2 aromatic heterocycles. The number of carbonyl (C=O) groups is 1. The third kappa shape index (κ3) is 8.84. The van der Waals surface area contributed by atoms with Crippen molar-refractivity contribution in [3.8, 4) is 5.88 Å². The van der Waals surface area contributed by atoms with E-state index < -0.39 is 21.5 Å². The molecule has 0 atom stereocenters. The first-order valence-corrected chi connectivity index (χ1v) is 12.8. The van der Waals surface area contributed by atoms with E-state index in [4.69, 9.17) is 9.15 Å². The Bertz CT molecular complexity index is 965. The Kier molecular flexibility index (Phi) is 9.30. The van der Waals surface area contributed by atoms with Crippen LogP contribution < -0.4 is 10.1 Å². The smallest absolute Gasteiger partial charge is 0.235 e. The molecule has 0 saturated carbocycles. The largest absolute Gasteiger partial charge is 0.473 e. The molecule has 0 bridgehead atoms. The normalized spacial score (nSPS) is 15.5. The standard InChI is InChI=1S/C23H31N3O5S/c27-22(19-32(28,29)18-21-8-14-30-17-21)24-9-3-6-13-31-23-15-20(7-10-25-23)16-26-11-4-1-2-5-12-26/h3,6-8,10,14-15,17H,1-2,4-5,9,11-13,16,18-19H2,(H,24,27)/b6-3-. The first kappa shape index (κ1) is 24.0. The number of furan rings is 1. The molecule has 2 aromatic rings. The molecular formula is C23H31N3O5S. The zero-order valence-electron chi connectivity index (χ0n) is 18.2. The van der Waals surface area contributed by atoms with Gasteiger partial charge in [0.2, 0.25) is 11.8 Å². The van der Waals surface area contributed by atoms with Gasteiger partial charge in [0.15, 0.2) is 9.84 Å². The topological polar surface area (TPSA) is 102 Å². The van der Waals surface area contributed by atoms with Gasteiger partial charge < -0.3 is 14.5 Å². The number of hydrogen-bond acceptors (Lipinski definition) is 7. The number of hydrogen-bond donors (Lipinski definition) is 1. The summed E-state index contributed by atoms with van der Waals surface area (Å²) in [5, 5.41) is 2.57.